The lowest BCUT2D eigenvalue weighted by Crippen LogP contribution is -1.89. The molecule has 11 rings (SSSR count). The van der Waals surface area contributed by atoms with Gasteiger partial charge in [-0.3, -0.25) is 0 Å². The summed E-state index contributed by atoms with van der Waals surface area (Å²) in [7, 11) is 1.71. The molecule has 0 bridgehead atoms. The smallest absolute Gasteiger partial charge is 0.143 e. The number of aryl methyl sites for hydroxylation is 1. The Labute approximate surface area is 292 Å². The molecule has 9 aromatic carbocycles. The number of fused-ring (bicyclic) bond motifs is 14. The van der Waals surface area contributed by atoms with Crippen LogP contribution in [0.15, 0.2) is 154 Å². The van der Waals surface area contributed by atoms with Crippen LogP contribution in [0.3, 0.4) is 0 Å². The maximum atomic E-state index is 6.69. The Balaban J connectivity index is 1.30. The second-order valence-corrected chi connectivity index (χ2v) is 13.7. The molecule has 2 aromatic heterocycles. The number of furan rings is 2. The van der Waals surface area contributed by atoms with E-state index in [2.05, 4.69) is 128 Å². The topological polar surface area (TPSA) is 35.5 Å². The first-order valence-corrected chi connectivity index (χ1v) is 17.4. The maximum Gasteiger partial charge on any atom is 0.143 e. The van der Waals surface area contributed by atoms with Crippen LogP contribution in [0.4, 0.5) is 0 Å². The molecule has 0 aliphatic heterocycles. The van der Waals surface area contributed by atoms with Crippen molar-refractivity contribution in [2.45, 2.75) is 6.92 Å². The van der Waals surface area contributed by atoms with Crippen molar-refractivity contribution in [1.29, 1.82) is 0 Å². The van der Waals surface area contributed by atoms with E-state index in [0.717, 1.165) is 76.9 Å². The number of para-hydroxylation sites is 2. The number of hydrogen-bond acceptors (Lipinski definition) is 3. The van der Waals surface area contributed by atoms with E-state index in [-0.39, 0.29) is 0 Å². The molecule has 240 valence electrons. The van der Waals surface area contributed by atoms with E-state index >= 15 is 0 Å². The largest absolute Gasteiger partial charge is 0.497 e. The van der Waals surface area contributed by atoms with Gasteiger partial charge in [0, 0.05) is 32.3 Å². The zero-order chi connectivity index (χ0) is 33.8. The molecule has 0 unspecified atom stereocenters. The second kappa shape index (κ2) is 10.5. The summed E-state index contributed by atoms with van der Waals surface area (Å²) in [5, 5.41) is 13.8. The highest BCUT2D eigenvalue weighted by Crippen LogP contribution is 2.46. The summed E-state index contributed by atoms with van der Waals surface area (Å²) in [6, 6.07) is 52.3. The van der Waals surface area contributed by atoms with Crippen LogP contribution in [0.25, 0.3) is 109 Å². The van der Waals surface area contributed by atoms with Crippen molar-refractivity contribution >= 4 is 87.0 Å². The maximum absolute atomic E-state index is 6.69. The molecule has 3 heteroatoms. The molecule has 3 nitrogen and oxygen atoms in total. The summed E-state index contributed by atoms with van der Waals surface area (Å²) in [4.78, 5) is 0. The van der Waals surface area contributed by atoms with Crippen LogP contribution in [0.5, 0.6) is 5.75 Å². The fourth-order valence-corrected chi connectivity index (χ4v) is 8.31. The zero-order valence-electron chi connectivity index (χ0n) is 28.1. The first-order chi connectivity index (χ1) is 25.1. The van der Waals surface area contributed by atoms with E-state index in [9.17, 15) is 0 Å². The van der Waals surface area contributed by atoms with Crippen LogP contribution >= 0.6 is 0 Å². The first-order valence-electron chi connectivity index (χ1n) is 17.4. The van der Waals surface area contributed by atoms with Gasteiger partial charge in [-0.15, -0.1) is 0 Å². The molecule has 0 aliphatic rings. The lowest BCUT2D eigenvalue weighted by molar-refractivity contribution is 0.415. The van der Waals surface area contributed by atoms with Crippen LogP contribution in [0.2, 0.25) is 0 Å². The Kier molecular flexibility index (Phi) is 5.80. The Hall–Kier alpha value is -6.58. The Morgan fingerprint density at radius 3 is 1.35 bits per heavy atom. The van der Waals surface area contributed by atoms with Crippen molar-refractivity contribution < 1.29 is 13.6 Å². The molecule has 0 N–H and O–H groups in total. The highest BCUT2D eigenvalue weighted by Gasteiger charge is 2.20. The van der Waals surface area contributed by atoms with Crippen molar-refractivity contribution in [1.82, 2.24) is 0 Å². The predicted molar refractivity (Wildman–Crippen MR) is 213 cm³/mol. The summed E-state index contributed by atoms with van der Waals surface area (Å²) in [5.74, 6) is 0.830. The van der Waals surface area contributed by atoms with Crippen molar-refractivity contribution in [2.24, 2.45) is 0 Å². The van der Waals surface area contributed by atoms with E-state index in [4.69, 9.17) is 13.6 Å². The minimum atomic E-state index is 0.830. The number of ether oxygens (including phenoxy) is 1. The molecule has 0 radical (unpaired) electrons. The van der Waals surface area contributed by atoms with Gasteiger partial charge >= 0.3 is 0 Å². The summed E-state index contributed by atoms with van der Waals surface area (Å²) in [6.45, 7) is 2.14. The minimum absolute atomic E-state index is 0.830. The molecule has 51 heavy (non-hydrogen) atoms. The van der Waals surface area contributed by atoms with Gasteiger partial charge in [-0.05, 0) is 122 Å². The second-order valence-electron chi connectivity index (χ2n) is 13.7. The van der Waals surface area contributed by atoms with Crippen LogP contribution in [0.1, 0.15) is 5.56 Å². The minimum Gasteiger partial charge on any atom is -0.497 e. The molecule has 11 aromatic rings. The Morgan fingerprint density at radius 2 is 0.863 bits per heavy atom. The number of benzene rings is 9. The highest BCUT2D eigenvalue weighted by molar-refractivity contribution is 6.30. The molecular formula is C48H30O3. The van der Waals surface area contributed by atoms with Gasteiger partial charge in [0.05, 0.1) is 7.11 Å². The Morgan fingerprint density at radius 1 is 0.412 bits per heavy atom. The van der Waals surface area contributed by atoms with Crippen molar-refractivity contribution in [2.75, 3.05) is 7.11 Å². The van der Waals surface area contributed by atoms with E-state index in [1.54, 1.807) is 7.11 Å². The molecule has 0 fully saturated rings. The van der Waals surface area contributed by atoms with Crippen molar-refractivity contribution in [3.8, 4) is 28.0 Å². The quantitative estimate of drug-likeness (QED) is 0.140. The molecular weight excluding hydrogens is 625 g/mol. The molecule has 0 atom stereocenters. The number of methoxy groups -OCH3 is 1. The Bertz CT molecular complexity index is 3210. The third kappa shape index (κ3) is 4.06. The molecule has 0 amide bonds. The third-order valence-corrected chi connectivity index (χ3v) is 10.8. The standard InChI is InChI=1S/C48H30O3/c1-27-11-13-28(14-12-27)41-25-30-23-40-31(24-39(30)35-19-21-37-33-7-3-5-9-43(33)50-47(37)45(35)41)26-42(29-15-17-32(49-2)18-16-29)46-36(40)20-22-38-34-8-4-6-10-44(34)51-48(38)46/h3-26H,1-2H3. The van der Waals surface area contributed by atoms with Gasteiger partial charge in [0.1, 0.15) is 28.1 Å². The summed E-state index contributed by atoms with van der Waals surface area (Å²) < 4.78 is 18.9. The molecule has 0 aliphatic carbocycles. The SMILES string of the molecule is COc1ccc(-c2cc3cc4c(cc(-c5ccc(C)cc5)c5c4ccc4c6ccccc6oc45)cc3c3ccc4c5ccccc5oc4c23)cc1. The normalized spacial score (nSPS) is 12.1. The van der Waals surface area contributed by atoms with Gasteiger partial charge in [0.2, 0.25) is 0 Å². The fourth-order valence-electron chi connectivity index (χ4n) is 8.31. The lowest BCUT2D eigenvalue weighted by atomic mass is 9.87. The van der Waals surface area contributed by atoms with Crippen molar-refractivity contribution in [3.05, 3.63) is 151 Å². The third-order valence-electron chi connectivity index (χ3n) is 10.8. The van der Waals surface area contributed by atoms with Crippen molar-refractivity contribution in [3.63, 3.8) is 0 Å². The van der Waals surface area contributed by atoms with Gasteiger partial charge in [0.25, 0.3) is 0 Å². The monoisotopic (exact) mass is 654 g/mol. The van der Waals surface area contributed by atoms with E-state index < -0.39 is 0 Å². The van der Waals surface area contributed by atoms with Crippen LogP contribution in [-0.2, 0) is 0 Å². The van der Waals surface area contributed by atoms with E-state index in [1.165, 1.54) is 43.6 Å². The van der Waals surface area contributed by atoms with Crippen LogP contribution in [-0.4, -0.2) is 7.11 Å². The number of rotatable bonds is 3. The molecule has 2 heterocycles. The molecule has 0 saturated carbocycles. The fraction of sp³-hybridized carbons (Fsp3) is 0.0417. The lowest BCUT2D eigenvalue weighted by Gasteiger charge is -2.16. The molecule has 0 spiro atoms. The zero-order valence-corrected chi connectivity index (χ0v) is 28.1. The molecule has 0 saturated heterocycles. The summed E-state index contributed by atoms with van der Waals surface area (Å²) in [6.07, 6.45) is 0. The summed E-state index contributed by atoms with van der Waals surface area (Å²) in [5.41, 5.74) is 9.45. The van der Waals surface area contributed by atoms with E-state index in [1.807, 2.05) is 24.3 Å². The average Bonchev–Trinajstić information content (AvgIpc) is 3.76. The van der Waals surface area contributed by atoms with Crippen LogP contribution in [0, 0.1) is 6.92 Å². The van der Waals surface area contributed by atoms with Gasteiger partial charge in [-0.25, -0.2) is 0 Å². The van der Waals surface area contributed by atoms with Gasteiger partial charge in [-0.1, -0.05) is 90.5 Å². The van der Waals surface area contributed by atoms with Gasteiger partial charge in [-0.2, -0.15) is 0 Å². The van der Waals surface area contributed by atoms with Crippen LogP contribution < -0.4 is 4.74 Å². The van der Waals surface area contributed by atoms with Gasteiger partial charge < -0.3 is 13.6 Å². The summed E-state index contributed by atoms with van der Waals surface area (Å²) >= 11 is 0. The highest BCUT2D eigenvalue weighted by atomic mass is 16.5. The predicted octanol–water partition coefficient (Wildman–Crippen LogP) is 13.7. The average molecular weight is 655 g/mol. The van der Waals surface area contributed by atoms with Gasteiger partial charge in [0.15, 0.2) is 0 Å². The first kappa shape index (κ1) is 28.3. The number of hydrogen-bond donors (Lipinski definition) is 0. The van der Waals surface area contributed by atoms with E-state index in [0.29, 0.717) is 0 Å².